The first kappa shape index (κ1) is 14.7. The van der Waals surface area contributed by atoms with Crippen molar-refractivity contribution in [2.75, 3.05) is 0 Å². The predicted molar refractivity (Wildman–Crippen MR) is 72.3 cm³/mol. The van der Waals surface area contributed by atoms with E-state index >= 15 is 0 Å². The predicted octanol–water partition coefficient (Wildman–Crippen LogP) is 1.92. The summed E-state index contributed by atoms with van der Waals surface area (Å²) in [5, 5.41) is 17.8. The summed E-state index contributed by atoms with van der Waals surface area (Å²) in [6.07, 6.45) is 0. The molecule has 0 saturated carbocycles. The molecule has 0 saturated heterocycles. The van der Waals surface area contributed by atoms with Crippen LogP contribution in [0.5, 0.6) is 0 Å². The van der Waals surface area contributed by atoms with Gasteiger partial charge in [-0.05, 0) is 36.4 Å². The lowest BCUT2D eigenvalue weighted by Gasteiger charge is -2.08. The quantitative estimate of drug-likeness (QED) is 0.893. The van der Waals surface area contributed by atoms with Gasteiger partial charge in [0.1, 0.15) is 0 Å². The van der Waals surface area contributed by atoms with Gasteiger partial charge in [-0.1, -0.05) is 12.1 Å². The maximum atomic E-state index is 12.4. The van der Waals surface area contributed by atoms with E-state index in [0.29, 0.717) is 0 Å². The molecular weight excluding hydrogens is 296 g/mol. The van der Waals surface area contributed by atoms with Gasteiger partial charge in [0.15, 0.2) is 0 Å². The number of carboxylic acids is 2. The fourth-order valence-corrected chi connectivity index (χ4v) is 3.23. The third kappa shape index (κ3) is 2.77. The zero-order valence-corrected chi connectivity index (χ0v) is 11.4. The van der Waals surface area contributed by atoms with Gasteiger partial charge in [-0.2, -0.15) is 0 Å². The van der Waals surface area contributed by atoms with E-state index in [9.17, 15) is 18.0 Å². The van der Waals surface area contributed by atoms with Gasteiger partial charge in [-0.3, -0.25) is 0 Å². The monoisotopic (exact) mass is 306 g/mol. The second-order valence-electron chi connectivity index (χ2n) is 4.13. The molecule has 0 aliphatic carbocycles. The third-order valence-electron chi connectivity index (χ3n) is 2.82. The van der Waals surface area contributed by atoms with E-state index in [4.69, 9.17) is 10.2 Å². The Hall–Kier alpha value is -2.67. The molecule has 21 heavy (non-hydrogen) atoms. The van der Waals surface area contributed by atoms with Crippen LogP contribution in [-0.4, -0.2) is 30.6 Å². The molecule has 0 heterocycles. The minimum Gasteiger partial charge on any atom is -0.478 e. The van der Waals surface area contributed by atoms with E-state index in [1.165, 1.54) is 24.3 Å². The van der Waals surface area contributed by atoms with Crippen LogP contribution in [0.2, 0.25) is 0 Å². The van der Waals surface area contributed by atoms with Crippen molar-refractivity contribution in [3.63, 3.8) is 0 Å². The largest absolute Gasteiger partial charge is 0.478 e. The van der Waals surface area contributed by atoms with Gasteiger partial charge in [0.25, 0.3) is 0 Å². The molecule has 2 aromatic carbocycles. The van der Waals surface area contributed by atoms with Gasteiger partial charge in [-0.25, -0.2) is 18.0 Å². The number of hydrogen-bond acceptors (Lipinski definition) is 4. The van der Waals surface area contributed by atoms with Gasteiger partial charge in [0.2, 0.25) is 9.84 Å². The van der Waals surface area contributed by atoms with Crippen molar-refractivity contribution >= 4 is 21.8 Å². The Morgan fingerprint density at radius 3 is 1.90 bits per heavy atom. The Morgan fingerprint density at radius 1 is 0.810 bits per heavy atom. The van der Waals surface area contributed by atoms with Crippen molar-refractivity contribution in [1.29, 1.82) is 0 Å². The molecule has 0 atom stereocenters. The zero-order valence-electron chi connectivity index (χ0n) is 10.6. The van der Waals surface area contributed by atoms with Crippen molar-refractivity contribution < 1.29 is 28.2 Å². The number of carboxylic acid groups (broad SMARTS) is 2. The van der Waals surface area contributed by atoms with Gasteiger partial charge >= 0.3 is 11.9 Å². The topological polar surface area (TPSA) is 109 Å². The van der Waals surface area contributed by atoms with Crippen LogP contribution in [0.3, 0.4) is 0 Å². The highest BCUT2D eigenvalue weighted by Crippen LogP contribution is 2.24. The Labute approximate surface area is 120 Å². The molecule has 0 aliphatic rings. The number of hydrogen-bond donors (Lipinski definition) is 2. The van der Waals surface area contributed by atoms with Crippen molar-refractivity contribution in [1.82, 2.24) is 0 Å². The van der Waals surface area contributed by atoms with Gasteiger partial charge in [-0.15, -0.1) is 0 Å². The Kier molecular flexibility index (Phi) is 3.77. The third-order valence-corrected chi connectivity index (χ3v) is 4.65. The zero-order chi connectivity index (χ0) is 15.6. The van der Waals surface area contributed by atoms with Crippen molar-refractivity contribution in [2.24, 2.45) is 0 Å². The molecule has 0 amide bonds. The van der Waals surface area contributed by atoms with Crippen LogP contribution in [0.15, 0.2) is 58.3 Å². The summed E-state index contributed by atoms with van der Waals surface area (Å²) < 4.78 is 24.9. The molecule has 0 bridgehead atoms. The lowest BCUT2D eigenvalue weighted by molar-refractivity contribution is 0.0684. The van der Waals surface area contributed by atoms with E-state index in [0.717, 1.165) is 24.3 Å². The molecule has 0 radical (unpaired) electrons. The van der Waals surface area contributed by atoms with Crippen LogP contribution < -0.4 is 0 Å². The minimum absolute atomic E-state index is 0.0551. The summed E-state index contributed by atoms with van der Waals surface area (Å²) in [6, 6.07) is 9.82. The highest BCUT2D eigenvalue weighted by Gasteiger charge is 2.24. The molecular formula is C14H10O6S. The van der Waals surface area contributed by atoms with E-state index in [1.807, 2.05) is 0 Å². The molecule has 108 valence electrons. The van der Waals surface area contributed by atoms with Crippen molar-refractivity contribution in [2.45, 2.75) is 9.79 Å². The fraction of sp³-hybridized carbons (Fsp3) is 0. The lowest BCUT2D eigenvalue weighted by atomic mass is 10.2. The van der Waals surface area contributed by atoms with E-state index < -0.39 is 21.8 Å². The van der Waals surface area contributed by atoms with Crippen molar-refractivity contribution in [3.05, 3.63) is 59.7 Å². The molecule has 6 nitrogen and oxygen atoms in total. The SMILES string of the molecule is O=C(O)c1ccc(S(=O)(=O)c2ccccc2C(=O)O)cc1. The Morgan fingerprint density at radius 2 is 1.38 bits per heavy atom. The van der Waals surface area contributed by atoms with Crippen LogP contribution in [-0.2, 0) is 9.84 Å². The molecule has 2 N–H and O–H groups in total. The van der Waals surface area contributed by atoms with Crippen LogP contribution in [0, 0.1) is 0 Å². The average Bonchev–Trinajstić information content (AvgIpc) is 2.47. The molecule has 2 rings (SSSR count). The number of sulfone groups is 1. The number of carbonyl (C=O) groups is 2. The second kappa shape index (κ2) is 5.37. The summed E-state index contributed by atoms with van der Waals surface area (Å²) in [5.41, 5.74) is -0.389. The average molecular weight is 306 g/mol. The summed E-state index contributed by atoms with van der Waals surface area (Å²) in [6.45, 7) is 0. The smallest absolute Gasteiger partial charge is 0.337 e. The normalized spacial score (nSPS) is 11.0. The second-order valence-corrected chi connectivity index (χ2v) is 6.05. The van der Waals surface area contributed by atoms with E-state index in [2.05, 4.69) is 0 Å². The first-order valence-corrected chi connectivity index (χ1v) is 7.23. The van der Waals surface area contributed by atoms with Crippen molar-refractivity contribution in [3.8, 4) is 0 Å². The molecule has 0 fully saturated rings. The first-order chi connectivity index (χ1) is 9.84. The van der Waals surface area contributed by atoms with E-state index in [-0.39, 0.29) is 20.9 Å². The maximum absolute atomic E-state index is 12.4. The molecule has 0 aliphatic heterocycles. The summed E-state index contributed by atoms with van der Waals surface area (Å²) in [7, 11) is -4.03. The van der Waals surface area contributed by atoms with Gasteiger partial charge in [0.05, 0.1) is 20.9 Å². The highest BCUT2D eigenvalue weighted by atomic mass is 32.2. The summed E-state index contributed by atoms with van der Waals surface area (Å²) >= 11 is 0. The summed E-state index contributed by atoms with van der Waals surface area (Å²) in [4.78, 5) is 21.4. The molecule has 2 aromatic rings. The fourth-order valence-electron chi connectivity index (χ4n) is 1.78. The van der Waals surface area contributed by atoms with Crippen LogP contribution in [0.1, 0.15) is 20.7 Å². The molecule has 0 spiro atoms. The van der Waals surface area contributed by atoms with Gasteiger partial charge < -0.3 is 10.2 Å². The molecule has 7 heteroatoms. The Balaban J connectivity index is 2.57. The van der Waals surface area contributed by atoms with Gasteiger partial charge in [0, 0.05) is 0 Å². The molecule has 0 aromatic heterocycles. The maximum Gasteiger partial charge on any atom is 0.337 e. The molecule has 0 unspecified atom stereocenters. The van der Waals surface area contributed by atoms with Crippen LogP contribution >= 0.6 is 0 Å². The highest BCUT2D eigenvalue weighted by molar-refractivity contribution is 7.91. The first-order valence-electron chi connectivity index (χ1n) is 5.75. The van der Waals surface area contributed by atoms with Crippen LogP contribution in [0.4, 0.5) is 0 Å². The van der Waals surface area contributed by atoms with E-state index in [1.54, 1.807) is 0 Å². The summed E-state index contributed by atoms with van der Waals surface area (Å²) in [5.74, 6) is -2.53. The Bertz CT molecular complexity index is 806. The standard InChI is InChI=1S/C14H10O6S/c15-13(16)9-5-7-10(8-6-9)21(19,20)12-4-2-1-3-11(12)14(17)18/h1-8H,(H,15,16)(H,17,18). The van der Waals surface area contributed by atoms with Crippen LogP contribution in [0.25, 0.3) is 0 Å². The number of rotatable bonds is 4. The minimum atomic E-state index is -4.03. The number of benzene rings is 2. The lowest BCUT2D eigenvalue weighted by Crippen LogP contribution is -2.09. The number of aromatic carboxylic acids is 2.